The third kappa shape index (κ3) is 2.81. The minimum absolute atomic E-state index is 0.599. The molecule has 0 radical (unpaired) electrons. The van der Waals surface area contributed by atoms with E-state index in [1.165, 1.54) is 8.66 Å². The lowest BCUT2D eigenvalue weighted by atomic mass is 10.1. The Hall–Kier alpha value is 0.1000. The lowest BCUT2D eigenvalue weighted by Gasteiger charge is -2.38. The largest absolute Gasteiger partial charge is 0.311 e. The first-order valence-electron chi connectivity index (χ1n) is 5.38. The molecule has 0 aromatic carbocycles. The molecule has 15 heavy (non-hydrogen) atoms. The summed E-state index contributed by atoms with van der Waals surface area (Å²) >= 11 is 5.35. The molecule has 1 aliphatic heterocycles. The van der Waals surface area contributed by atoms with Crippen molar-refractivity contribution in [3.63, 3.8) is 0 Å². The summed E-state index contributed by atoms with van der Waals surface area (Å²) in [6, 6.07) is 5.58. The summed E-state index contributed by atoms with van der Waals surface area (Å²) in [4.78, 5) is 4.00. The standard InChI is InChI=1S/C11H17BrN2S/c1-8-9(2)14(6-5-13-8)7-10-3-4-11(12)15-10/h3-4,8-9,13H,5-7H2,1-2H3. The third-order valence-electron chi connectivity index (χ3n) is 3.15. The Morgan fingerprint density at radius 1 is 1.53 bits per heavy atom. The Kier molecular flexibility index (Phi) is 3.83. The van der Waals surface area contributed by atoms with Crippen LogP contribution in [0.4, 0.5) is 0 Å². The highest BCUT2D eigenvalue weighted by Gasteiger charge is 2.24. The highest BCUT2D eigenvalue weighted by atomic mass is 79.9. The zero-order valence-corrected chi connectivity index (χ0v) is 11.6. The average Bonchev–Trinajstić information content (AvgIpc) is 2.59. The van der Waals surface area contributed by atoms with E-state index < -0.39 is 0 Å². The Labute approximate surface area is 104 Å². The molecule has 1 saturated heterocycles. The molecule has 0 amide bonds. The second kappa shape index (κ2) is 4.95. The maximum atomic E-state index is 3.51. The van der Waals surface area contributed by atoms with E-state index in [4.69, 9.17) is 0 Å². The van der Waals surface area contributed by atoms with E-state index in [-0.39, 0.29) is 0 Å². The number of rotatable bonds is 2. The molecule has 4 heteroatoms. The van der Waals surface area contributed by atoms with Gasteiger partial charge in [-0.25, -0.2) is 0 Å². The molecular weight excluding hydrogens is 272 g/mol. The number of hydrogen-bond donors (Lipinski definition) is 1. The van der Waals surface area contributed by atoms with Crippen molar-refractivity contribution < 1.29 is 0 Å². The summed E-state index contributed by atoms with van der Waals surface area (Å²) in [5.74, 6) is 0. The van der Waals surface area contributed by atoms with Gasteiger partial charge in [-0.05, 0) is 41.9 Å². The van der Waals surface area contributed by atoms with Gasteiger partial charge in [-0.1, -0.05) is 0 Å². The van der Waals surface area contributed by atoms with Crippen LogP contribution >= 0.6 is 27.3 Å². The molecule has 1 N–H and O–H groups in total. The molecule has 2 nitrogen and oxygen atoms in total. The van der Waals surface area contributed by atoms with Crippen LogP contribution in [-0.4, -0.2) is 30.1 Å². The van der Waals surface area contributed by atoms with Crippen LogP contribution in [0.5, 0.6) is 0 Å². The van der Waals surface area contributed by atoms with Crippen LogP contribution in [-0.2, 0) is 6.54 Å². The van der Waals surface area contributed by atoms with Crippen molar-refractivity contribution in [1.82, 2.24) is 10.2 Å². The minimum atomic E-state index is 0.599. The summed E-state index contributed by atoms with van der Waals surface area (Å²) in [5, 5.41) is 3.51. The van der Waals surface area contributed by atoms with Gasteiger partial charge in [-0.3, -0.25) is 4.90 Å². The Balaban J connectivity index is 1.99. The smallest absolute Gasteiger partial charge is 0.0701 e. The number of halogens is 1. The predicted molar refractivity (Wildman–Crippen MR) is 69.4 cm³/mol. The summed E-state index contributed by atoms with van der Waals surface area (Å²) in [5.41, 5.74) is 0. The van der Waals surface area contributed by atoms with Gasteiger partial charge in [0.15, 0.2) is 0 Å². The Morgan fingerprint density at radius 3 is 3.00 bits per heavy atom. The van der Waals surface area contributed by atoms with Crippen LogP contribution in [0.15, 0.2) is 15.9 Å². The maximum Gasteiger partial charge on any atom is 0.0701 e. The van der Waals surface area contributed by atoms with Gasteiger partial charge in [0.2, 0.25) is 0 Å². The van der Waals surface area contributed by atoms with Crippen LogP contribution in [0.2, 0.25) is 0 Å². The van der Waals surface area contributed by atoms with E-state index in [1.807, 2.05) is 11.3 Å². The third-order valence-corrected chi connectivity index (χ3v) is 4.76. The van der Waals surface area contributed by atoms with Gasteiger partial charge in [-0.2, -0.15) is 0 Å². The van der Waals surface area contributed by atoms with Gasteiger partial charge in [0, 0.05) is 36.6 Å². The highest BCUT2D eigenvalue weighted by molar-refractivity contribution is 9.11. The molecule has 2 unspecified atom stereocenters. The van der Waals surface area contributed by atoms with E-state index in [9.17, 15) is 0 Å². The van der Waals surface area contributed by atoms with Gasteiger partial charge in [0.1, 0.15) is 0 Å². The van der Waals surface area contributed by atoms with Gasteiger partial charge in [0.25, 0.3) is 0 Å². The number of hydrogen-bond acceptors (Lipinski definition) is 3. The van der Waals surface area contributed by atoms with Crippen LogP contribution in [0.3, 0.4) is 0 Å². The monoisotopic (exact) mass is 288 g/mol. The number of nitrogens with one attached hydrogen (secondary N) is 1. The lowest BCUT2D eigenvalue weighted by Crippen LogP contribution is -2.54. The van der Waals surface area contributed by atoms with Crippen LogP contribution in [0.1, 0.15) is 18.7 Å². The minimum Gasteiger partial charge on any atom is -0.311 e. The molecule has 0 bridgehead atoms. The molecule has 1 aromatic rings. The fourth-order valence-electron chi connectivity index (χ4n) is 1.99. The van der Waals surface area contributed by atoms with E-state index in [0.717, 1.165) is 19.6 Å². The zero-order valence-electron chi connectivity index (χ0n) is 9.16. The second-order valence-corrected chi connectivity index (χ2v) is 6.71. The fourth-order valence-corrected chi connectivity index (χ4v) is 3.50. The van der Waals surface area contributed by atoms with Crippen LogP contribution in [0, 0.1) is 0 Å². The number of nitrogens with zero attached hydrogens (tertiary/aromatic N) is 1. The molecule has 1 aromatic heterocycles. The van der Waals surface area contributed by atoms with Crippen molar-refractivity contribution in [2.45, 2.75) is 32.5 Å². The Bertz CT molecular complexity index is 326. The molecular formula is C11H17BrN2S. The van der Waals surface area contributed by atoms with E-state index in [0.29, 0.717) is 12.1 Å². The first kappa shape index (κ1) is 11.6. The highest BCUT2D eigenvalue weighted by Crippen LogP contribution is 2.24. The SMILES string of the molecule is CC1NCCN(Cc2ccc(Br)s2)C1C. The molecule has 1 aliphatic rings. The van der Waals surface area contributed by atoms with Crippen molar-refractivity contribution in [2.75, 3.05) is 13.1 Å². The molecule has 0 spiro atoms. The summed E-state index contributed by atoms with van der Waals surface area (Å²) in [6.45, 7) is 7.92. The average molecular weight is 289 g/mol. The van der Waals surface area contributed by atoms with Crippen LogP contribution < -0.4 is 5.32 Å². The molecule has 0 saturated carbocycles. The maximum absolute atomic E-state index is 3.51. The van der Waals surface area contributed by atoms with E-state index >= 15 is 0 Å². The number of thiophene rings is 1. The van der Waals surface area contributed by atoms with Crippen LogP contribution in [0.25, 0.3) is 0 Å². The molecule has 2 heterocycles. The van der Waals surface area contributed by atoms with Gasteiger partial charge < -0.3 is 5.32 Å². The second-order valence-electron chi connectivity index (χ2n) is 4.16. The number of piperazine rings is 1. The van der Waals surface area contributed by atoms with Crippen molar-refractivity contribution in [3.8, 4) is 0 Å². The molecule has 0 aliphatic carbocycles. The first-order valence-corrected chi connectivity index (χ1v) is 6.99. The molecule has 2 rings (SSSR count). The first-order chi connectivity index (χ1) is 7.16. The molecule has 2 atom stereocenters. The lowest BCUT2D eigenvalue weighted by molar-refractivity contribution is 0.132. The van der Waals surface area contributed by atoms with Gasteiger partial charge in [0.05, 0.1) is 3.79 Å². The van der Waals surface area contributed by atoms with Gasteiger partial charge >= 0.3 is 0 Å². The van der Waals surface area contributed by atoms with Crippen molar-refractivity contribution >= 4 is 27.3 Å². The molecule has 84 valence electrons. The van der Waals surface area contributed by atoms with Crippen molar-refractivity contribution in [2.24, 2.45) is 0 Å². The predicted octanol–water partition coefficient (Wildman–Crippen LogP) is 2.69. The van der Waals surface area contributed by atoms with Crippen molar-refractivity contribution in [1.29, 1.82) is 0 Å². The normalized spacial score (nSPS) is 28.2. The summed E-state index contributed by atoms with van der Waals surface area (Å²) in [7, 11) is 0. The molecule has 1 fully saturated rings. The Morgan fingerprint density at radius 2 is 2.33 bits per heavy atom. The van der Waals surface area contributed by atoms with Gasteiger partial charge in [-0.15, -0.1) is 11.3 Å². The summed E-state index contributed by atoms with van der Waals surface area (Å²) in [6.07, 6.45) is 0. The van der Waals surface area contributed by atoms with E-state index in [1.54, 1.807) is 0 Å². The van der Waals surface area contributed by atoms with E-state index in [2.05, 4.69) is 52.1 Å². The quantitative estimate of drug-likeness (QED) is 0.900. The zero-order chi connectivity index (χ0) is 10.8. The topological polar surface area (TPSA) is 15.3 Å². The fraction of sp³-hybridized carbons (Fsp3) is 0.636. The summed E-state index contributed by atoms with van der Waals surface area (Å²) < 4.78 is 1.23. The van der Waals surface area contributed by atoms with Crippen molar-refractivity contribution in [3.05, 3.63) is 20.8 Å².